The Morgan fingerprint density at radius 1 is 1.00 bits per heavy atom. The quantitative estimate of drug-likeness (QED) is 0.467. The first-order valence-corrected chi connectivity index (χ1v) is 10.1. The number of rotatable bonds is 2. The highest BCUT2D eigenvalue weighted by atomic mass is 19.1. The van der Waals surface area contributed by atoms with Crippen molar-refractivity contribution in [3.8, 4) is 11.1 Å². The molecule has 4 aromatic heterocycles. The number of aryl methyl sites for hydroxylation is 3. The van der Waals surface area contributed by atoms with E-state index in [4.69, 9.17) is 0 Å². The first kappa shape index (κ1) is 19.3. The van der Waals surface area contributed by atoms with Gasteiger partial charge in [-0.25, -0.2) is 9.97 Å². The molecule has 8 heteroatoms. The Labute approximate surface area is 178 Å². The average molecular weight is 416 g/mol. The van der Waals surface area contributed by atoms with Gasteiger partial charge >= 0.3 is 0 Å². The fraction of sp³-hybridized carbons (Fsp3) is 0.261. The molecule has 31 heavy (non-hydrogen) atoms. The lowest BCUT2D eigenvalue weighted by atomic mass is 9.99. The second-order valence-corrected chi connectivity index (χ2v) is 7.98. The van der Waals surface area contributed by atoms with Crippen LogP contribution in [0, 0.1) is 26.7 Å². The SMILES string of the molecule is Cc1cc(=O)n2nc(N3CCc4ncc(-c5cnc(F)cc5C)cc4C3)c(C)cc2n1. The molecule has 4 aromatic rings. The standard InChI is InChI=1S/C23H21FN6O/c1-13-6-20(24)26-11-18(13)16-9-17-12-29(5-4-19(17)25-10-16)23-14(2)7-21-27-15(3)8-22(31)30(21)28-23/h6-11H,4-5,12H2,1-3H3. The van der Waals surface area contributed by atoms with Crippen LogP contribution >= 0.6 is 0 Å². The summed E-state index contributed by atoms with van der Waals surface area (Å²) in [6.45, 7) is 7.02. The third-order valence-corrected chi connectivity index (χ3v) is 5.67. The lowest BCUT2D eigenvalue weighted by Crippen LogP contribution is -2.33. The predicted octanol–water partition coefficient (Wildman–Crippen LogP) is 3.17. The summed E-state index contributed by atoms with van der Waals surface area (Å²) in [6, 6.07) is 6.90. The fourth-order valence-corrected chi connectivity index (χ4v) is 4.13. The van der Waals surface area contributed by atoms with E-state index in [1.54, 1.807) is 13.1 Å². The average Bonchev–Trinajstić information content (AvgIpc) is 2.72. The van der Waals surface area contributed by atoms with Crippen molar-refractivity contribution in [2.45, 2.75) is 33.7 Å². The molecule has 1 aliphatic rings. The van der Waals surface area contributed by atoms with Crippen molar-refractivity contribution in [2.75, 3.05) is 11.4 Å². The third-order valence-electron chi connectivity index (χ3n) is 5.67. The van der Waals surface area contributed by atoms with Gasteiger partial charge in [-0.15, -0.1) is 5.10 Å². The van der Waals surface area contributed by atoms with Gasteiger partial charge in [0.05, 0.1) is 0 Å². The van der Waals surface area contributed by atoms with Crippen LogP contribution in [0.5, 0.6) is 0 Å². The summed E-state index contributed by atoms with van der Waals surface area (Å²) in [6.07, 6.45) is 4.14. The normalized spacial score (nSPS) is 13.5. The summed E-state index contributed by atoms with van der Waals surface area (Å²) in [4.78, 5) is 27.4. The molecule has 0 aliphatic carbocycles. The number of hydrogen-bond donors (Lipinski definition) is 0. The maximum Gasteiger partial charge on any atom is 0.274 e. The van der Waals surface area contributed by atoms with Crippen LogP contribution in [-0.2, 0) is 13.0 Å². The predicted molar refractivity (Wildman–Crippen MR) is 116 cm³/mol. The number of pyridine rings is 2. The smallest absolute Gasteiger partial charge is 0.274 e. The minimum atomic E-state index is -0.490. The van der Waals surface area contributed by atoms with Crippen LogP contribution in [-0.4, -0.2) is 31.1 Å². The summed E-state index contributed by atoms with van der Waals surface area (Å²) in [7, 11) is 0. The van der Waals surface area contributed by atoms with Crippen molar-refractivity contribution in [3.63, 3.8) is 0 Å². The van der Waals surface area contributed by atoms with Crippen molar-refractivity contribution < 1.29 is 4.39 Å². The van der Waals surface area contributed by atoms with Crippen LogP contribution in [0.3, 0.4) is 0 Å². The van der Waals surface area contributed by atoms with E-state index in [0.29, 0.717) is 17.9 Å². The van der Waals surface area contributed by atoms with Crippen LogP contribution in [0.4, 0.5) is 10.2 Å². The second-order valence-electron chi connectivity index (χ2n) is 7.98. The van der Waals surface area contributed by atoms with Gasteiger partial charge in [0, 0.05) is 60.5 Å². The molecule has 0 unspecified atom stereocenters. The van der Waals surface area contributed by atoms with Gasteiger partial charge in [-0.3, -0.25) is 9.78 Å². The third kappa shape index (κ3) is 3.43. The van der Waals surface area contributed by atoms with Crippen molar-refractivity contribution in [2.24, 2.45) is 0 Å². The fourth-order valence-electron chi connectivity index (χ4n) is 4.13. The zero-order valence-electron chi connectivity index (χ0n) is 17.6. The number of halogens is 1. The van der Waals surface area contributed by atoms with E-state index >= 15 is 0 Å². The summed E-state index contributed by atoms with van der Waals surface area (Å²) in [5.74, 6) is 0.270. The van der Waals surface area contributed by atoms with Gasteiger partial charge in [0.15, 0.2) is 11.5 Å². The molecular formula is C23H21FN6O. The minimum absolute atomic E-state index is 0.190. The highest BCUT2D eigenvalue weighted by molar-refractivity contribution is 5.66. The van der Waals surface area contributed by atoms with Crippen molar-refractivity contribution >= 4 is 11.5 Å². The molecule has 1 aliphatic heterocycles. The molecule has 0 fully saturated rings. The molecule has 0 atom stereocenters. The molecule has 0 amide bonds. The van der Waals surface area contributed by atoms with Gasteiger partial charge in [0.1, 0.15) is 0 Å². The molecule has 0 radical (unpaired) electrons. The highest BCUT2D eigenvalue weighted by Crippen LogP contribution is 2.29. The first-order valence-electron chi connectivity index (χ1n) is 10.1. The Hall–Kier alpha value is -3.68. The lowest BCUT2D eigenvalue weighted by molar-refractivity contribution is 0.583. The molecule has 0 saturated carbocycles. The first-order chi connectivity index (χ1) is 14.9. The van der Waals surface area contributed by atoms with Gasteiger partial charge in [0.2, 0.25) is 5.95 Å². The van der Waals surface area contributed by atoms with Crippen molar-refractivity contribution in [1.29, 1.82) is 0 Å². The molecule has 5 heterocycles. The number of fused-ring (bicyclic) bond motifs is 2. The van der Waals surface area contributed by atoms with Gasteiger partial charge in [-0.05, 0) is 55.7 Å². The minimum Gasteiger partial charge on any atom is -0.350 e. The van der Waals surface area contributed by atoms with E-state index in [1.807, 2.05) is 26.1 Å². The molecule has 5 rings (SSSR count). The van der Waals surface area contributed by atoms with Gasteiger partial charge in [-0.1, -0.05) is 0 Å². The highest BCUT2D eigenvalue weighted by Gasteiger charge is 2.22. The molecule has 0 saturated heterocycles. The van der Waals surface area contributed by atoms with Gasteiger partial charge < -0.3 is 4.90 Å². The maximum atomic E-state index is 13.4. The zero-order chi connectivity index (χ0) is 21.7. The van der Waals surface area contributed by atoms with E-state index in [2.05, 4.69) is 31.0 Å². The molecular weight excluding hydrogens is 395 g/mol. The summed E-state index contributed by atoms with van der Waals surface area (Å²) in [5, 5.41) is 4.61. The van der Waals surface area contributed by atoms with Crippen LogP contribution in [0.2, 0.25) is 0 Å². The summed E-state index contributed by atoms with van der Waals surface area (Å²) < 4.78 is 14.8. The Kier molecular flexibility index (Phi) is 4.50. The number of hydrogen-bond acceptors (Lipinski definition) is 6. The van der Waals surface area contributed by atoms with E-state index in [1.165, 1.54) is 16.6 Å². The topological polar surface area (TPSA) is 76.3 Å². The maximum absolute atomic E-state index is 13.4. The van der Waals surface area contributed by atoms with Gasteiger partial charge in [-0.2, -0.15) is 8.91 Å². The monoisotopic (exact) mass is 416 g/mol. The number of anilines is 1. The molecule has 0 spiro atoms. The zero-order valence-corrected chi connectivity index (χ0v) is 17.6. The van der Waals surface area contributed by atoms with E-state index in [-0.39, 0.29) is 5.56 Å². The molecule has 0 bridgehead atoms. The van der Waals surface area contributed by atoms with E-state index < -0.39 is 5.95 Å². The summed E-state index contributed by atoms with van der Waals surface area (Å²) in [5.41, 5.74) is 6.71. The Morgan fingerprint density at radius 3 is 2.65 bits per heavy atom. The Morgan fingerprint density at radius 2 is 1.84 bits per heavy atom. The van der Waals surface area contributed by atoms with E-state index in [9.17, 15) is 9.18 Å². The molecule has 0 aromatic carbocycles. The Bertz CT molecular complexity index is 1400. The molecule has 0 N–H and O–H groups in total. The summed E-state index contributed by atoms with van der Waals surface area (Å²) >= 11 is 0. The van der Waals surface area contributed by atoms with Gasteiger partial charge in [0.25, 0.3) is 5.56 Å². The van der Waals surface area contributed by atoms with Crippen molar-refractivity contribution in [1.82, 2.24) is 24.6 Å². The lowest BCUT2D eigenvalue weighted by Gasteiger charge is -2.30. The van der Waals surface area contributed by atoms with Crippen LogP contribution in [0.25, 0.3) is 16.8 Å². The number of aromatic nitrogens is 5. The molecule has 156 valence electrons. The second kappa shape index (κ2) is 7.23. The van der Waals surface area contributed by atoms with Crippen LogP contribution in [0.1, 0.15) is 28.1 Å². The molecule has 7 nitrogen and oxygen atoms in total. The van der Waals surface area contributed by atoms with Crippen molar-refractivity contribution in [3.05, 3.63) is 81.0 Å². The largest absolute Gasteiger partial charge is 0.350 e. The van der Waals surface area contributed by atoms with Crippen LogP contribution in [0.15, 0.2) is 41.5 Å². The number of nitrogens with zero attached hydrogens (tertiary/aromatic N) is 6. The van der Waals surface area contributed by atoms with E-state index in [0.717, 1.165) is 52.3 Å². The van der Waals surface area contributed by atoms with Crippen LogP contribution < -0.4 is 10.5 Å². The Balaban J connectivity index is 1.53.